The van der Waals surface area contributed by atoms with Gasteiger partial charge in [0.05, 0.1) is 0 Å². The molecule has 0 aliphatic rings. The third kappa shape index (κ3) is 3.33. The summed E-state index contributed by atoms with van der Waals surface area (Å²) in [4.78, 5) is 0. The third-order valence-electron chi connectivity index (χ3n) is 1.97. The summed E-state index contributed by atoms with van der Waals surface area (Å²) in [6.45, 7) is 2.82. The van der Waals surface area contributed by atoms with Gasteiger partial charge >= 0.3 is 8.56 Å². The zero-order chi connectivity index (χ0) is 8.74. The monoisotopic (exact) mass is 178 g/mol. The molecule has 0 saturated carbocycles. The van der Waals surface area contributed by atoms with Crippen LogP contribution in [0.5, 0.6) is 0 Å². The summed E-state index contributed by atoms with van der Waals surface area (Å²) in [7, 11) is 3.27. The van der Waals surface area contributed by atoms with Crippen molar-refractivity contribution in [2.24, 2.45) is 0 Å². The van der Waals surface area contributed by atoms with E-state index in [0.29, 0.717) is 0 Å². The molecule has 0 aromatic rings. The normalized spacial score (nSPS) is 12.0. The Morgan fingerprint density at radius 1 is 1.09 bits per heavy atom. The van der Waals surface area contributed by atoms with Crippen LogP contribution in [0.15, 0.2) is 0 Å². The topological polar surface area (TPSA) is 27.7 Å². The second-order valence-electron chi connectivity index (χ2n) is 2.42. The zero-order valence-corrected chi connectivity index (χ0v) is 8.85. The quantitative estimate of drug-likeness (QED) is 0.575. The van der Waals surface area contributed by atoms with Crippen LogP contribution in [-0.2, 0) is 13.6 Å². The second-order valence-corrected chi connectivity index (χ2v) is 6.26. The van der Waals surface area contributed by atoms with E-state index in [-0.39, 0.29) is 0 Å². The molecule has 11 heavy (non-hydrogen) atoms. The number of methoxy groups -OCH3 is 1. The molecule has 0 aliphatic heterocycles. The average molecular weight is 178 g/mol. The maximum atomic E-state index is 5.38. The standard InChI is InChI=1S/C7H18O3Si/c1-5-11(9-3,10-4)7-6-8-2/h5-7H2,1-4H3. The summed E-state index contributed by atoms with van der Waals surface area (Å²) in [5.74, 6) is 0. The first kappa shape index (κ1) is 11.1. The fraction of sp³-hybridized carbons (Fsp3) is 1.00. The smallest absolute Gasteiger partial charge is 0.339 e. The molecule has 0 heterocycles. The summed E-state index contributed by atoms with van der Waals surface area (Å²) in [5, 5.41) is 0. The lowest BCUT2D eigenvalue weighted by Crippen LogP contribution is -2.40. The molecule has 0 N–H and O–H groups in total. The zero-order valence-electron chi connectivity index (χ0n) is 7.85. The van der Waals surface area contributed by atoms with Crippen molar-refractivity contribution >= 4 is 8.56 Å². The van der Waals surface area contributed by atoms with E-state index in [1.54, 1.807) is 21.3 Å². The Morgan fingerprint density at radius 3 is 1.91 bits per heavy atom. The molecule has 0 bridgehead atoms. The van der Waals surface area contributed by atoms with Gasteiger partial charge in [-0.25, -0.2) is 0 Å². The lowest BCUT2D eigenvalue weighted by atomic mass is 10.9. The first-order valence-electron chi connectivity index (χ1n) is 3.84. The van der Waals surface area contributed by atoms with Crippen LogP contribution < -0.4 is 0 Å². The van der Waals surface area contributed by atoms with E-state index in [1.807, 2.05) is 0 Å². The lowest BCUT2D eigenvalue weighted by Gasteiger charge is -2.25. The first-order chi connectivity index (χ1) is 5.24. The van der Waals surface area contributed by atoms with Crippen molar-refractivity contribution in [2.45, 2.75) is 19.0 Å². The van der Waals surface area contributed by atoms with E-state index >= 15 is 0 Å². The molecule has 0 amide bonds. The van der Waals surface area contributed by atoms with Crippen molar-refractivity contribution in [3.8, 4) is 0 Å². The first-order valence-corrected chi connectivity index (χ1v) is 6.07. The van der Waals surface area contributed by atoms with Crippen LogP contribution >= 0.6 is 0 Å². The third-order valence-corrected chi connectivity index (χ3v) is 5.50. The predicted octanol–water partition coefficient (Wildman–Crippen LogP) is 1.39. The molecule has 0 rings (SSSR count). The van der Waals surface area contributed by atoms with Crippen LogP contribution in [-0.4, -0.2) is 36.5 Å². The molecule has 0 unspecified atom stereocenters. The summed E-state index contributed by atoms with van der Waals surface area (Å²) in [6, 6.07) is 1.89. The molecular formula is C7H18O3Si. The molecule has 0 spiro atoms. The van der Waals surface area contributed by atoms with Crippen molar-refractivity contribution in [3.05, 3.63) is 0 Å². The van der Waals surface area contributed by atoms with Gasteiger partial charge in [-0.05, 0) is 6.04 Å². The number of hydrogen-bond donors (Lipinski definition) is 0. The average Bonchev–Trinajstić information content (AvgIpc) is 2.08. The maximum Gasteiger partial charge on any atom is 0.339 e. The minimum absolute atomic E-state index is 0.724. The van der Waals surface area contributed by atoms with Crippen LogP contribution in [0.3, 0.4) is 0 Å². The molecule has 0 radical (unpaired) electrons. The summed E-state index contributed by atoms with van der Waals surface area (Å²) < 4.78 is 15.7. The van der Waals surface area contributed by atoms with Gasteiger partial charge < -0.3 is 13.6 Å². The van der Waals surface area contributed by atoms with Crippen LogP contribution in [0.2, 0.25) is 12.1 Å². The summed E-state index contributed by atoms with van der Waals surface area (Å²) in [6.07, 6.45) is 0. The molecule has 0 saturated heterocycles. The molecule has 0 aliphatic carbocycles. The fourth-order valence-corrected chi connectivity index (χ4v) is 3.03. The highest BCUT2D eigenvalue weighted by atomic mass is 28.4. The van der Waals surface area contributed by atoms with Gasteiger partial charge in [-0.1, -0.05) is 6.92 Å². The van der Waals surface area contributed by atoms with Gasteiger partial charge in [-0.3, -0.25) is 0 Å². The Labute approximate surface area is 69.9 Å². The van der Waals surface area contributed by atoms with Crippen LogP contribution in [0.4, 0.5) is 0 Å². The number of ether oxygens (including phenoxy) is 1. The van der Waals surface area contributed by atoms with Crippen molar-refractivity contribution in [1.29, 1.82) is 0 Å². The second kappa shape index (κ2) is 5.71. The number of rotatable bonds is 6. The summed E-state index contributed by atoms with van der Waals surface area (Å²) in [5.41, 5.74) is 0. The minimum Gasteiger partial charge on any atom is -0.398 e. The van der Waals surface area contributed by atoms with Crippen LogP contribution in [0.25, 0.3) is 0 Å². The predicted molar refractivity (Wildman–Crippen MR) is 46.9 cm³/mol. The molecule has 0 aromatic carbocycles. The van der Waals surface area contributed by atoms with Gasteiger partial charge in [0.2, 0.25) is 0 Å². The van der Waals surface area contributed by atoms with Crippen LogP contribution in [0, 0.1) is 0 Å². The largest absolute Gasteiger partial charge is 0.398 e. The molecular weight excluding hydrogens is 160 g/mol. The number of hydrogen-bond acceptors (Lipinski definition) is 3. The molecule has 4 heteroatoms. The molecule has 3 nitrogen and oxygen atoms in total. The lowest BCUT2D eigenvalue weighted by molar-refractivity contribution is 0.186. The van der Waals surface area contributed by atoms with E-state index in [1.165, 1.54) is 0 Å². The van der Waals surface area contributed by atoms with Gasteiger partial charge in [0.15, 0.2) is 0 Å². The van der Waals surface area contributed by atoms with Gasteiger partial charge in [0.1, 0.15) is 0 Å². The van der Waals surface area contributed by atoms with Gasteiger partial charge in [-0.2, -0.15) is 0 Å². The molecule has 0 aromatic heterocycles. The SMILES string of the molecule is CC[Si](CCOC)(OC)OC. The van der Waals surface area contributed by atoms with Crippen molar-refractivity contribution in [3.63, 3.8) is 0 Å². The van der Waals surface area contributed by atoms with E-state index in [4.69, 9.17) is 13.6 Å². The molecule has 68 valence electrons. The van der Waals surface area contributed by atoms with Crippen molar-refractivity contribution in [1.82, 2.24) is 0 Å². The minimum atomic E-state index is -1.86. The van der Waals surface area contributed by atoms with E-state index in [9.17, 15) is 0 Å². The Kier molecular flexibility index (Phi) is 5.76. The van der Waals surface area contributed by atoms with E-state index in [2.05, 4.69) is 6.92 Å². The summed E-state index contributed by atoms with van der Waals surface area (Å²) >= 11 is 0. The van der Waals surface area contributed by atoms with E-state index < -0.39 is 8.56 Å². The highest BCUT2D eigenvalue weighted by molar-refractivity contribution is 6.67. The van der Waals surface area contributed by atoms with Gasteiger partial charge in [-0.15, -0.1) is 0 Å². The highest BCUT2D eigenvalue weighted by Gasteiger charge is 2.32. The molecule has 0 atom stereocenters. The fourth-order valence-electron chi connectivity index (χ4n) is 1.01. The maximum absolute atomic E-state index is 5.38. The van der Waals surface area contributed by atoms with E-state index in [0.717, 1.165) is 18.7 Å². The Balaban J connectivity index is 3.84. The van der Waals surface area contributed by atoms with Crippen LogP contribution in [0.1, 0.15) is 6.92 Å². The highest BCUT2D eigenvalue weighted by Crippen LogP contribution is 2.16. The molecule has 0 fully saturated rings. The van der Waals surface area contributed by atoms with Crippen molar-refractivity contribution in [2.75, 3.05) is 27.9 Å². The Morgan fingerprint density at radius 2 is 1.64 bits per heavy atom. The van der Waals surface area contributed by atoms with Gasteiger partial charge in [0.25, 0.3) is 0 Å². The Bertz CT molecular complexity index is 85.4. The Hall–Kier alpha value is 0.0969. The van der Waals surface area contributed by atoms with Crippen molar-refractivity contribution < 1.29 is 13.6 Å². The van der Waals surface area contributed by atoms with Gasteiger partial charge in [0, 0.05) is 34.0 Å².